The Hall–Kier alpha value is -1.95. The fourth-order valence-electron chi connectivity index (χ4n) is 2.13. The normalized spacial score (nSPS) is 12.9. The van der Waals surface area contributed by atoms with E-state index in [0.717, 1.165) is 29.7 Å². The molecule has 0 aliphatic rings. The Morgan fingerprint density at radius 1 is 1.29 bits per heavy atom. The van der Waals surface area contributed by atoms with Gasteiger partial charge in [0.15, 0.2) is 0 Å². The van der Waals surface area contributed by atoms with Crippen LogP contribution in [0.15, 0.2) is 41.0 Å². The summed E-state index contributed by atoms with van der Waals surface area (Å²) in [4.78, 5) is 0. The Bertz CT molecular complexity index is 694. The van der Waals surface area contributed by atoms with Gasteiger partial charge in [0, 0.05) is 18.2 Å². The van der Waals surface area contributed by atoms with E-state index in [1.54, 1.807) is 12.3 Å². The molecule has 0 amide bonds. The van der Waals surface area contributed by atoms with E-state index in [1.807, 2.05) is 31.2 Å². The number of sulfonamides is 1. The summed E-state index contributed by atoms with van der Waals surface area (Å²) in [6.45, 7) is 3.94. The fraction of sp³-hybridized carbons (Fsp3) is 0.333. The molecule has 0 saturated heterocycles. The Balaban J connectivity index is 2.03. The third kappa shape index (κ3) is 4.82. The van der Waals surface area contributed by atoms with Gasteiger partial charge in [-0.3, -0.25) is 4.72 Å². The van der Waals surface area contributed by atoms with Crippen LogP contribution in [0.1, 0.15) is 18.2 Å². The first-order valence-corrected chi connectivity index (χ1v) is 8.60. The smallest absolute Gasteiger partial charge is 0.229 e. The number of aryl methyl sites for hydroxylation is 1. The van der Waals surface area contributed by atoms with Gasteiger partial charge in [0.1, 0.15) is 5.76 Å². The van der Waals surface area contributed by atoms with Crippen LogP contribution in [0.3, 0.4) is 0 Å². The predicted octanol–water partition coefficient (Wildman–Crippen LogP) is 3.00. The fourth-order valence-corrected chi connectivity index (χ4v) is 2.76. The van der Waals surface area contributed by atoms with E-state index in [1.165, 1.54) is 0 Å². The molecule has 2 N–H and O–H groups in total. The molecular formula is C15H20N2O3S. The van der Waals surface area contributed by atoms with E-state index in [9.17, 15) is 8.42 Å². The molecule has 0 saturated carbocycles. The molecule has 1 aromatic heterocycles. The molecule has 0 aliphatic carbocycles. The minimum Gasteiger partial charge on any atom is -0.469 e. The van der Waals surface area contributed by atoms with Crippen LogP contribution in [0.4, 0.5) is 11.4 Å². The summed E-state index contributed by atoms with van der Waals surface area (Å²) in [7, 11) is -3.25. The van der Waals surface area contributed by atoms with Crippen LogP contribution in [0.2, 0.25) is 0 Å². The van der Waals surface area contributed by atoms with Crippen molar-refractivity contribution in [2.45, 2.75) is 26.3 Å². The summed E-state index contributed by atoms with van der Waals surface area (Å²) in [6, 6.07) is 9.58. The summed E-state index contributed by atoms with van der Waals surface area (Å²) < 4.78 is 30.3. The molecule has 1 unspecified atom stereocenters. The highest BCUT2D eigenvalue weighted by molar-refractivity contribution is 7.92. The zero-order valence-electron chi connectivity index (χ0n) is 12.4. The number of furan rings is 1. The van der Waals surface area contributed by atoms with Crippen molar-refractivity contribution in [1.29, 1.82) is 0 Å². The van der Waals surface area contributed by atoms with Crippen molar-refractivity contribution in [3.63, 3.8) is 0 Å². The second kappa shape index (κ2) is 6.22. The molecule has 5 nitrogen and oxygen atoms in total. The molecular weight excluding hydrogens is 288 g/mol. The summed E-state index contributed by atoms with van der Waals surface area (Å²) in [6.07, 6.45) is 3.59. The number of benzene rings is 1. The molecule has 1 heterocycles. The Labute approximate surface area is 125 Å². The van der Waals surface area contributed by atoms with E-state index in [0.29, 0.717) is 5.69 Å². The van der Waals surface area contributed by atoms with E-state index < -0.39 is 10.0 Å². The van der Waals surface area contributed by atoms with Gasteiger partial charge in [0.2, 0.25) is 10.0 Å². The summed E-state index contributed by atoms with van der Waals surface area (Å²) in [5.41, 5.74) is 2.42. The Morgan fingerprint density at radius 3 is 2.62 bits per heavy atom. The summed E-state index contributed by atoms with van der Waals surface area (Å²) in [5, 5.41) is 3.37. The lowest BCUT2D eigenvalue weighted by molar-refractivity contribution is 0.498. The molecule has 0 bridgehead atoms. The standard InChI is InChI=1S/C15H20N2O3S/c1-11-9-13(6-7-15(11)17-21(3,18)19)16-12(2)10-14-5-4-8-20-14/h4-9,12,16-17H,10H2,1-3H3. The van der Waals surface area contributed by atoms with Gasteiger partial charge in [-0.2, -0.15) is 0 Å². The molecule has 0 aliphatic heterocycles. The van der Waals surface area contributed by atoms with Gasteiger partial charge in [-0.15, -0.1) is 0 Å². The van der Waals surface area contributed by atoms with E-state index >= 15 is 0 Å². The summed E-state index contributed by atoms with van der Waals surface area (Å²) >= 11 is 0. The lowest BCUT2D eigenvalue weighted by Crippen LogP contribution is -2.18. The molecule has 2 aromatic rings. The largest absolute Gasteiger partial charge is 0.469 e. The van der Waals surface area contributed by atoms with Crippen LogP contribution in [0.25, 0.3) is 0 Å². The average molecular weight is 308 g/mol. The first kappa shape index (κ1) is 15.4. The van der Waals surface area contributed by atoms with E-state index in [2.05, 4.69) is 17.0 Å². The maximum Gasteiger partial charge on any atom is 0.229 e. The Morgan fingerprint density at radius 2 is 2.05 bits per heavy atom. The molecule has 21 heavy (non-hydrogen) atoms. The van der Waals surface area contributed by atoms with Gasteiger partial charge in [0.05, 0.1) is 18.2 Å². The van der Waals surface area contributed by atoms with Crippen LogP contribution in [0, 0.1) is 6.92 Å². The Kier molecular flexibility index (Phi) is 4.57. The van der Waals surface area contributed by atoms with E-state index in [-0.39, 0.29) is 6.04 Å². The number of hydrogen-bond donors (Lipinski definition) is 2. The molecule has 1 atom stereocenters. The highest BCUT2D eigenvalue weighted by Gasteiger charge is 2.08. The van der Waals surface area contributed by atoms with Gasteiger partial charge >= 0.3 is 0 Å². The monoisotopic (exact) mass is 308 g/mol. The van der Waals surface area contributed by atoms with E-state index in [4.69, 9.17) is 4.42 Å². The SMILES string of the molecule is Cc1cc(NC(C)Cc2ccco2)ccc1NS(C)(=O)=O. The number of anilines is 2. The molecule has 2 rings (SSSR count). The summed E-state index contributed by atoms with van der Waals surface area (Å²) in [5.74, 6) is 0.932. The number of hydrogen-bond acceptors (Lipinski definition) is 4. The van der Waals surface area contributed by atoms with Gasteiger partial charge in [-0.25, -0.2) is 8.42 Å². The van der Waals surface area contributed by atoms with Crippen LogP contribution in [-0.4, -0.2) is 20.7 Å². The molecule has 1 aromatic carbocycles. The second-order valence-electron chi connectivity index (χ2n) is 5.23. The first-order valence-electron chi connectivity index (χ1n) is 6.71. The topological polar surface area (TPSA) is 71.3 Å². The molecule has 0 radical (unpaired) electrons. The average Bonchev–Trinajstić information content (AvgIpc) is 2.84. The second-order valence-corrected chi connectivity index (χ2v) is 6.98. The van der Waals surface area contributed by atoms with Crippen molar-refractivity contribution in [3.05, 3.63) is 47.9 Å². The van der Waals surface area contributed by atoms with Crippen molar-refractivity contribution in [2.24, 2.45) is 0 Å². The zero-order valence-corrected chi connectivity index (χ0v) is 13.2. The lowest BCUT2D eigenvalue weighted by Gasteiger charge is -2.16. The van der Waals surface area contributed by atoms with Gasteiger partial charge in [-0.05, 0) is 49.7 Å². The zero-order chi connectivity index (χ0) is 15.5. The van der Waals surface area contributed by atoms with Crippen molar-refractivity contribution in [3.8, 4) is 0 Å². The van der Waals surface area contributed by atoms with Crippen molar-refractivity contribution < 1.29 is 12.8 Å². The first-order chi connectivity index (χ1) is 9.83. The third-order valence-electron chi connectivity index (χ3n) is 3.02. The van der Waals surface area contributed by atoms with Crippen LogP contribution in [-0.2, 0) is 16.4 Å². The number of rotatable bonds is 6. The van der Waals surface area contributed by atoms with Crippen molar-refractivity contribution in [1.82, 2.24) is 0 Å². The van der Waals surface area contributed by atoms with Gasteiger partial charge in [-0.1, -0.05) is 0 Å². The minimum atomic E-state index is -3.25. The maximum atomic E-state index is 11.3. The molecule has 0 fully saturated rings. The van der Waals surface area contributed by atoms with Crippen molar-refractivity contribution >= 4 is 21.4 Å². The van der Waals surface area contributed by atoms with Crippen LogP contribution in [0.5, 0.6) is 0 Å². The van der Waals surface area contributed by atoms with Crippen molar-refractivity contribution in [2.75, 3.05) is 16.3 Å². The maximum absolute atomic E-state index is 11.3. The van der Waals surface area contributed by atoms with Gasteiger partial charge in [0.25, 0.3) is 0 Å². The molecule has 0 spiro atoms. The quantitative estimate of drug-likeness (QED) is 0.860. The van der Waals surface area contributed by atoms with Gasteiger partial charge < -0.3 is 9.73 Å². The minimum absolute atomic E-state index is 0.212. The highest BCUT2D eigenvalue weighted by atomic mass is 32.2. The molecule has 6 heteroatoms. The highest BCUT2D eigenvalue weighted by Crippen LogP contribution is 2.21. The predicted molar refractivity (Wildman–Crippen MR) is 85.1 cm³/mol. The van der Waals surface area contributed by atoms with Crippen LogP contribution >= 0.6 is 0 Å². The van der Waals surface area contributed by atoms with Crippen LogP contribution < -0.4 is 10.0 Å². The third-order valence-corrected chi connectivity index (χ3v) is 3.61. The molecule has 114 valence electrons. The number of nitrogens with one attached hydrogen (secondary N) is 2. The lowest BCUT2D eigenvalue weighted by atomic mass is 10.1.